The Balaban J connectivity index is 3.14. The normalized spacial score (nSPS) is 28.5. The van der Waals surface area contributed by atoms with E-state index in [9.17, 15) is 9.59 Å². The Morgan fingerprint density at radius 1 is 1.47 bits per heavy atom. The maximum atomic E-state index is 11.5. The Kier molecular flexibility index (Phi) is 2.89. The highest BCUT2D eigenvalue weighted by atomic mass is 28.4. The minimum absolute atomic E-state index is 0.0954. The van der Waals surface area contributed by atoms with Crippen molar-refractivity contribution in [2.24, 2.45) is 0 Å². The summed E-state index contributed by atoms with van der Waals surface area (Å²) >= 11 is 0. The molecule has 1 heterocycles. The van der Waals surface area contributed by atoms with Gasteiger partial charge >= 0.3 is 5.97 Å². The van der Waals surface area contributed by atoms with E-state index in [-0.39, 0.29) is 5.78 Å². The third-order valence-electron chi connectivity index (χ3n) is 2.64. The Bertz CT molecular complexity index is 345. The Morgan fingerprint density at radius 3 is 2.33 bits per heavy atom. The van der Waals surface area contributed by atoms with Crippen molar-refractivity contribution < 1.29 is 18.8 Å². The molecule has 1 aliphatic heterocycles. The van der Waals surface area contributed by atoms with Crippen molar-refractivity contribution in [3.8, 4) is 0 Å². The third kappa shape index (κ3) is 2.03. The lowest BCUT2D eigenvalue weighted by Crippen LogP contribution is -2.41. The molecule has 0 aromatic rings. The third-order valence-corrected chi connectivity index (χ3v) is 5.22. The van der Waals surface area contributed by atoms with Gasteiger partial charge in [-0.15, -0.1) is 0 Å². The number of Topliss-reactive ketones (excluding diaryl/α,β-unsaturated/α-hetero) is 1. The van der Waals surface area contributed by atoms with Crippen LogP contribution in [0.25, 0.3) is 0 Å². The van der Waals surface area contributed by atoms with Crippen molar-refractivity contribution in [2.45, 2.75) is 32.5 Å². The zero-order chi connectivity index (χ0) is 11.9. The number of ether oxygens (including phenoxy) is 1. The Hall–Kier alpha value is -0.943. The molecule has 0 spiro atoms. The van der Waals surface area contributed by atoms with Crippen LogP contribution in [0.4, 0.5) is 0 Å². The van der Waals surface area contributed by atoms with Gasteiger partial charge in [-0.3, -0.25) is 4.79 Å². The largest absolute Gasteiger partial charge is 0.466 e. The summed E-state index contributed by atoms with van der Waals surface area (Å²) in [6, 6.07) is 0. The molecule has 0 aliphatic carbocycles. The molecule has 1 aliphatic rings. The first-order chi connectivity index (χ1) is 6.73. The second-order valence-corrected chi connectivity index (χ2v) is 8.09. The van der Waals surface area contributed by atoms with Crippen LogP contribution in [0, 0.1) is 0 Å². The minimum Gasteiger partial charge on any atom is -0.466 e. The predicted octanol–water partition coefficient (Wildman–Crippen LogP) is 1.21. The highest BCUT2D eigenvalue weighted by Crippen LogP contribution is 2.34. The van der Waals surface area contributed by atoms with Gasteiger partial charge in [0.25, 0.3) is 0 Å². The summed E-state index contributed by atoms with van der Waals surface area (Å²) in [5, 5.41) is 0.530. The number of methoxy groups -OCH3 is 1. The minimum atomic E-state index is -2.29. The van der Waals surface area contributed by atoms with E-state index in [1.54, 1.807) is 13.0 Å². The number of rotatable bonds is 2. The van der Waals surface area contributed by atoms with Gasteiger partial charge in [0.2, 0.25) is 8.32 Å². The van der Waals surface area contributed by atoms with E-state index >= 15 is 0 Å². The average Bonchev–Trinajstić information content (AvgIpc) is 2.36. The molecule has 1 atom stereocenters. The Labute approximate surface area is 90.4 Å². The number of hydrogen-bond acceptors (Lipinski definition) is 4. The fourth-order valence-electron chi connectivity index (χ4n) is 1.65. The Morgan fingerprint density at radius 2 is 2.00 bits per heavy atom. The van der Waals surface area contributed by atoms with Crippen molar-refractivity contribution in [2.75, 3.05) is 7.11 Å². The van der Waals surface area contributed by atoms with Crippen LogP contribution in [0.5, 0.6) is 0 Å². The first-order valence-electron chi connectivity index (χ1n) is 4.76. The molecule has 15 heavy (non-hydrogen) atoms. The van der Waals surface area contributed by atoms with E-state index in [4.69, 9.17) is 4.43 Å². The highest BCUT2D eigenvalue weighted by Gasteiger charge is 2.49. The summed E-state index contributed by atoms with van der Waals surface area (Å²) in [6.07, 6.45) is 1.60. The molecule has 0 amide bonds. The molecular formula is C10H16O4Si. The second kappa shape index (κ2) is 3.57. The van der Waals surface area contributed by atoms with Gasteiger partial charge in [-0.05, 0) is 33.0 Å². The first-order valence-corrected chi connectivity index (χ1v) is 7.66. The van der Waals surface area contributed by atoms with E-state index in [2.05, 4.69) is 4.74 Å². The van der Waals surface area contributed by atoms with E-state index in [1.165, 1.54) is 14.0 Å². The molecule has 4 nitrogen and oxygen atoms in total. The fraction of sp³-hybridized carbons (Fsp3) is 0.600. The van der Waals surface area contributed by atoms with Gasteiger partial charge in [0.05, 0.1) is 12.3 Å². The van der Waals surface area contributed by atoms with Crippen LogP contribution in [0.1, 0.15) is 13.8 Å². The molecule has 1 unspecified atom stereocenters. The zero-order valence-corrected chi connectivity index (χ0v) is 10.7. The van der Waals surface area contributed by atoms with Gasteiger partial charge in [-0.25, -0.2) is 4.79 Å². The van der Waals surface area contributed by atoms with Gasteiger partial charge in [0.1, 0.15) is 5.60 Å². The second-order valence-electron chi connectivity index (χ2n) is 4.33. The van der Waals surface area contributed by atoms with Crippen LogP contribution in [0.15, 0.2) is 11.3 Å². The molecule has 0 saturated carbocycles. The fourth-order valence-corrected chi connectivity index (χ4v) is 4.24. The van der Waals surface area contributed by atoms with Crippen LogP contribution >= 0.6 is 0 Å². The van der Waals surface area contributed by atoms with E-state index < -0.39 is 19.9 Å². The number of ketones is 1. The van der Waals surface area contributed by atoms with Crippen LogP contribution in [-0.2, 0) is 18.8 Å². The molecule has 0 radical (unpaired) electrons. The zero-order valence-electron chi connectivity index (χ0n) is 9.71. The van der Waals surface area contributed by atoms with Gasteiger partial charge in [-0.1, -0.05) is 0 Å². The van der Waals surface area contributed by atoms with Crippen molar-refractivity contribution in [1.29, 1.82) is 0 Å². The maximum Gasteiger partial charge on any atom is 0.331 e. The maximum absolute atomic E-state index is 11.5. The van der Waals surface area contributed by atoms with Crippen LogP contribution in [0.2, 0.25) is 13.1 Å². The van der Waals surface area contributed by atoms with Crippen molar-refractivity contribution in [1.82, 2.24) is 0 Å². The molecule has 1 rings (SSSR count). The predicted molar refractivity (Wildman–Crippen MR) is 57.8 cm³/mol. The summed E-state index contributed by atoms with van der Waals surface area (Å²) in [5.74, 6) is -0.487. The number of carbonyl (C=O) groups excluding carboxylic acids is 2. The van der Waals surface area contributed by atoms with E-state index in [0.29, 0.717) is 5.20 Å². The standard InChI is InChI=1S/C10H16O4Si/c1-7(11)10(2)6-8(9(12)13-3)15(4,5)14-10/h6H,1-5H3. The van der Waals surface area contributed by atoms with Crippen LogP contribution in [-0.4, -0.2) is 32.8 Å². The number of hydrogen-bond donors (Lipinski definition) is 0. The molecule has 0 bridgehead atoms. The van der Waals surface area contributed by atoms with Gasteiger partial charge in [-0.2, -0.15) is 0 Å². The molecule has 0 N–H and O–H groups in total. The number of carbonyl (C=O) groups is 2. The van der Waals surface area contributed by atoms with E-state index in [0.717, 1.165) is 0 Å². The molecule has 0 fully saturated rings. The summed E-state index contributed by atoms with van der Waals surface area (Å²) in [6.45, 7) is 6.90. The average molecular weight is 228 g/mol. The first kappa shape index (κ1) is 12.1. The van der Waals surface area contributed by atoms with Crippen molar-refractivity contribution in [3.05, 3.63) is 11.3 Å². The van der Waals surface area contributed by atoms with Crippen LogP contribution in [0.3, 0.4) is 0 Å². The van der Waals surface area contributed by atoms with Gasteiger partial charge in [0, 0.05) is 0 Å². The summed E-state index contributed by atoms with van der Waals surface area (Å²) in [7, 11) is -0.956. The van der Waals surface area contributed by atoms with Crippen molar-refractivity contribution >= 4 is 20.1 Å². The van der Waals surface area contributed by atoms with E-state index in [1.807, 2.05) is 13.1 Å². The van der Waals surface area contributed by atoms with Crippen LogP contribution < -0.4 is 0 Å². The molecule has 5 heteroatoms. The van der Waals surface area contributed by atoms with Crippen molar-refractivity contribution in [3.63, 3.8) is 0 Å². The lowest BCUT2D eigenvalue weighted by molar-refractivity contribution is -0.135. The lowest BCUT2D eigenvalue weighted by atomic mass is 10.0. The lowest BCUT2D eigenvalue weighted by Gasteiger charge is -2.25. The smallest absolute Gasteiger partial charge is 0.331 e. The highest BCUT2D eigenvalue weighted by molar-refractivity contribution is 6.83. The van der Waals surface area contributed by atoms with Gasteiger partial charge < -0.3 is 9.16 Å². The summed E-state index contributed by atoms with van der Waals surface area (Å²) < 4.78 is 10.4. The molecule has 0 saturated heterocycles. The van der Waals surface area contributed by atoms with Gasteiger partial charge in [0.15, 0.2) is 5.78 Å². The SMILES string of the molecule is COC(=O)C1=CC(C)(C(C)=O)O[Si]1(C)C. The number of esters is 1. The molecule has 84 valence electrons. The quantitative estimate of drug-likeness (QED) is 0.526. The molecule has 0 aromatic heterocycles. The summed E-state index contributed by atoms with van der Waals surface area (Å²) in [4.78, 5) is 22.9. The molecular weight excluding hydrogens is 212 g/mol. The topological polar surface area (TPSA) is 52.6 Å². The monoisotopic (exact) mass is 228 g/mol. The summed E-state index contributed by atoms with van der Waals surface area (Å²) in [5.41, 5.74) is -0.959. The molecule has 0 aromatic carbocycles.